The minimum absolute atomic E-state index is 0.210. The van der Waals surface area contributed by atoms with Crippen LogP contribution in [0.2, 0.25) is 0 Å². The van der Waals surface area contributed by atoms with E-state index in [9.17, 15) is 18.7 Å². The highest BCUT2D eigenvalue weighted by Crippen LogP contribution is 2.18. The third-order valence-electron chi connectivity index (χ3n) is 3.52. The van der Waals surface area contributed by atoms with Gasteiger partial charge in [0.15, 0.2) is 0 Å². The lowest BCUT2D eigenvalue weighted by Crippen LogP contribution is -2.42. The second kappa shape index (κ2) is 8.44. The van der Waals surface area contributed by atoms with Crippen LogP contribution >= 0.6 is 0 Å². The molecule has 1 aromatic carbocycles. The summed E-state index contributed by atoms with van der Waals surface area (Å²) in [5.41, 5.74) is 0.331. The molecule has 7 heteroatoms. The van der Waals surface area contributed by atoms with Crippen molar-refractivity contribution in [3.63, 3.8) is 0 Å². The molecule has 0 aliphatic rings. The van der Waals surface area contributed by atoms with Crippen LogP contribution in [0, 0.1) is 11.6 Å². The Kier molecular flexibility index (Phi) is 6.31. The fourth-order valence-corrected chi connectivity index (χ4v) is 2.30. The van der Waals surface area contributed by atoms with E-state index in [1.165, 1.54) is 18.4 Å². The van der Waals surface area contributed by atoms with Crippen molar-refractivity contribution in [1.29, 1.82) is 0 Å². The number of carbonyl (C=O) groups excluding carboxylic acids is 1. The van der Waals surface area contributed by atoms with E-state index >= 15 is 0 Å². The van der Waals surface area contributed by atoms with Crippen LogP contribution in [-0.2, 0) is 6.42 Å². The Balaban J connectivity index is 1.70. The number of furan rings is 1. The van der Waals surface area contributed by atoms with E-state index in [1.54, 1.807) is 19.1 Å². The Morgan fingerprint density at radius 2 is 2.12 bits per heavy atom. The molecule has 0 bridgehead atoms. The van der Waals surface area contributed by atoms with Crippen LogP contribution in [0.15, 0.2) is 41.0 Å². The van der Waals surface area contributed by atoms with Crippen molar-refractivity contribution < 1.29 is 23.1 Å². The molecule has 1 aromatic heterocycles. The molecule has 0 aliphatic heterocycles. The highest BCUT2D eigenvalue weighted by atomic mass is 19.1. The molecule has 0 saturated heterocycles. The molecule has 0 aliphatic carbocycles. The molecule has 24 heavy (non-hydrogen) atoms. The quantitative estimate of drug-likeness (QED) is 0.727. The fourth-order valence-electron chi connectivity index (χ4n) is 2.30. The summed E-state index contributed by atoms with van der Waals surface area (Å²) >= 11 is 0. The number of amides is 2. The maximum atomic E-state index is 13.5. The number of benzene rings is 1. The summed E-state index contributed by atoms with van der Waals surface area (Å²) < 4.78 is 31.4. The average Bonchev–Trinajstić information content (AvgIpc) is 3.03. The fraction of sp³-hybridized carbons (Fsp3) is 0.353. The van der Waals surface area contributed by atoms with Crippen molar-refractivity contribution in [3.8, 4) is 0 Å². The van der Waals surface area contributed by atoms with E-state index in [2.05, 4.69) is 10.6 Å². The Morgan fingerprint density at radius 1 is 1.33 bits per heavy atom. The van der Waals surface area contributed by atoms with E-state index in [1.807, 2.05) is 0 Å². The Hall–Kier alpha value is -2.41. The number of nitrogens with one attached hydrogen (secondary N) is 2. The van der Waals surface area contributed by atoms with Gasteiger partial charge in [-0.3, -0.25) is 0 Å². The number of carbonyl (C=O) groups is 1. The monoisotopic (exact) mass is 338 g/mol. The van der Waals surface area contributed by atoms with Crippen LogP contribution in [-0.4, -0.2) is 23.7 Å². The number of urea groups is 1. The van der Waals surface area contributed by atoms with Crippen molar-refractivity contribution in [2.75, 3.05) is 6.54 Å². The highest BCUT2D eigenvalue weighted by molar-refractivity contribution is 5.74. The summed E-state index contributed by atoms with van der Waals surface area (Å²) in [5.74, 6) is -0.825. The molecule has 0 saturated carbocycles. The van der Waals surface area contributed by atoms with Crippen LogP contribution in [0.1, 0.15) is 30.8 Å². The standard InChI is InChI=1S/C17H20F2N2O3/c1-11(9-15(22)16-3-2-8-24-16)21-17(23)20-7-6-12-4-5-13(18)10-14(12)19/h2-5,8,10-11,15,22H,6-7,9H2,1H3,(H2,20,21,23). The molecule has 2 atom stereocenters. The summed E-state index contributed by atoms with van der Waals surface area (Å²) in [6.07, 6.45) is 1.22. The van der Waals surface area contributed by atoms with Crippen LogP contribution in [0.3, 0.4) is 0 Å². The largest absolute Gasteiger partial charge is 0.467 e. The number of aliphatic hydroxyl groups excluding tert-OH is 1. The molecule has 3 N–H and O–H groups in total. The van der Waals surface area contributed by atoms with Crippen molar-refractivity contribution in [2.24, 2.45) is 0 Å². The lowest BCUT2D eigenvalue weighted by atomic mass is 10.1. The molecule has 0 spiro atoms. The molecule has 2 amide bonds. The highest BCUT2D eigenvalue weighted by Gasteiger charge is 2.16. The van der Waals surface area contributed by atoms with Crippen molar-refractivity contribution >= 4 is 6.03 Å². The summed E-state index contributed by atoms with van der Waals surface area (Å²) in [7, 11) is 0. The maximum absolute atomic E-state index is 13.5. The van der Waals surface area contributed by atoms with Gasteiger partial charge in [-0.25, -0.2) is 13.6 Å². The summed E-state index contributed by atoms with van der Waals surface area (Å²) in [5, 5.41) is 15.2. The molecule has 2 rings (SSSR count). The first-order valence-electron chi connectivity index (χ1n) is 7.65. The SMILES string of the molecule is CC(CC(O)c1ccco1)NC(=O)NCCc1ccc(F)cc1F. The minimum Gasteiger partial charge on any atom is -0.467 e. The van der Waals surface area contributed by atoms with Gasteiger partial charge in [0.2, 0.25) is 0 Å². The van der Waals surface area contributed by atoms with Gasteiger partial charge in [-0.15, -0.1) is 0 Å². The third kappa shape index (κ3) is 5.34. The van der Waals surface area contributed by atoms with Gasteiger partial charge in [0.25, 0.3) is 0 Å². The lowest BCUT2D eigenvalue weighted by Gasteiger charge is -2.17. The van der Waals surface area contributed by atoms with E-state index in [0.717, 1.165) is 6.07 Å². The average molecular weight is 338 g/mol. The van der Waals surface area contributed by atoms with Gasteiger partial charge in [0.1, 0.15) is 23.5 Å². The third-order valence-corrected chi connectivity index (χ3v) is 3.52. The second-order valence-electron chi connectivity index (χ2n) is 5.55. The van der Waals surface area contributed by atoms with Gasteiger partial charge in [0, 0.05) is 25.1 Å². The minimum atomic E-state index is -0.802. The first kappa shape index (κ1) is 17.9. The first-order chi connectivity index (χ1) is 11.5. The van der Waals surface area contributed by atoms with Crippen LogP contribution in [0.25, 0.3) is 0 Å². The van der Waals surface area contributed by atoms with Gasteiger partial charge in [-0.05, 0) is 37.1 Å². The topological polar surface area (TPSA) is 74.5 Å². The summed E-state index contributed by atoms with van der Waals surface area (Å²) in [6, 6.07) is 5.98. The van der Waals surface area contributed by atoms with Gasteiger partial charge in [0.05, 0.1) is 6.26 Å². The lowest BCUT2D eigenvalue weighted by molar-refractivity contribution is 0.129. The van der Waals surface area contributed by atoms with E-state index in [-0.39, 0.29) is 19.0 Å². The molecule has 0 radical (unpaired) electrons. The Labute approximate surface area is 138 Å². The normalized spacial score (nSPS) is 13.3. The molecule has 0 fully saturated rings. The summed E-state index contributed by atoms with van der Waals surface area (Å²) in [6.45, 7) is 1.97. The summed E-state index contributed by atoms with van der Waals surface area (Å²) in [4.78, 5) is 11.8. The molecule has 2 aromatic rings. The smallest absolute Gasteiger partial charge is 0.315 e. The number of rotatable bonds is 7. The Bertz CT molecular complexity index is 662. The van der Waals surface area contributed by atoms with Crippen LogP contribution < -0.4 is 10.6 Å². The predicted octanol–water partition coefficient (Wildman–Crippen LogP) is 2.91. The molecule has 130 valence electrons. The zero-order valence-corrected chi connectivity index (χ0v) is 13.3. The van der Waals surface area contributed by atoms with Gasteiger partial charge in [-0.1, -0.05) is 6.07 Å². The predicted molar refractivity (Wildman–Crippen MR) is 84.3 cm³/mol. The molecular weight excluding hydrogens is 318 g/mol. The molecule has 2 unspecified atom stereocenters. The van der Waals surface area contributed by atoms with Crippen molar-refractivity contribution in [2.45, 2.75) is 31.9 Å². The Morgan fingerprint density at radius 3 is 2.79 bits per heavy atom. The molecule has 1 heterocycles. The second-order valence-corrected chi connectivity index (χ2v) is 5.55. The molecule has 5 nitrogen and oxygen atoms in total. The zero-order valence-electron chi connectivity index (χ0n) is 13.3. The number of aliphatic hydroxyl groups is 1. The van der Waals surface area contributed by atoms with Gasteiger partial charge < -0.3 is 20.2 Å². The van der Waals surface area contributed by atoms with Gasteiger partial charge in [-0.2, -0.15) is 0 Å². The van der Waals surface area contributed by atoms with E-state index < -0.39 is 23.8 Å². The van der Waals surface area contributed by atoms with E-state index in [0.29, 0.717) is 17.7 Å². The number of hydrogen-bond donors (Lipinski definition) is 3. The van der Waals surface area contributed by atoms with Gasteiger partial charge >= 0.3 is 6.03 Å². The van der Waals surface area contributed by atoms with Crippen molar-refractivity contribution in [1.82, 2.24) is 10.6 Å². The van der Waals surface area contributed by atoms with Crippen molar-refractivity contribution in [3.05, 3.63) is 59.6 Å². The first-order valence-corrected chi connectivity index (χ1v) is 7.65. The van der Waals surface area contributed by atoms with Crippen LogP contribution in [0.4, 0.5) is 13.6 Å². The number of halogens is 2. The zero-order chi connectivity index (χ0) is 17.5. The maximum Gasteiger partial charge on any atom is 0.315 e. The number of hydrogen-bond acceptors (Lipinski definition) is 3. The van der Waals surface area contributed by atoms with E-state index in [4.69, 9.17) is 4.42 Å². The van der Waals surface area contributed by atoms with Crippen LogP contribution in [0.5, 0.6) is 0 Å². The molecular formula is C17H20F2N2O3.